The Kier molecular flexibility index (Phi) is 23.5. The summed E-state index contributed by atoms with van der Waals surface area (Å²) in [6.45, 7) is 4.29. The topological polar surface area (TPSA) is 172 Å². The third kappa shape index (κ3) is 21.6. The normalized spacial score (nSPS) is 16.5. The number of amides is 1. The summed E-state index contributed by atoms with van der Waals surface area (Å²) < 4.78 is 15.5. The SMILES string of the molecule is CC/C=C/C/C=C/C/C=C/C/C=C/C/C=C/CCCC(=O)OC(C)OC(=O)[C@](C)(O)OC(C[C@H](O)CO)C(CO)NC(C)=O. The lowest BCUT2D eigenvalue weighted by Gasteiger charge is -2.33. The van der Waals surface area contributed by atoms with Crippen molar-refractivity contribution in [3.63, 3.8) is 0 Å². The zero-order valence-corrected chi connectivity index (χ0v) is 26.6. The number of carbonyl (C=O) groups is 3. The molecule has 5 N–H and O–H groups in total. The van der Waals surface area contributed by atoms with Crippen LogP contribution in [0.5, 0.6) is 0 Å². The molecule has 1 amide bonds. The molecule has 0 rings (SSSR count). The van der Waals surface area contributed by atoms with E-state index in [-0.39, 0.29) is 12.8 Å². The number of unbranched alkanes of at least 4 members (excludes halogenated alkanes) is 1. The molecule has 0 heterocycles. The van der Waals surface area contributed by atoms with Gasteiger partial charge in [-0.25, -0.2) is 4.79 Å². The van der Waals surface area contributed by atoms with Crippen molar-refractivity contribution in [2.45, 2.75) is 116 Å². The van der Waals surface area contributed by atoms with Gasteiger partial charge in [0.2, 0.25) is 12.2 Å². The number of aliphatic hydroxyl groups is 4. The lowest BCUT2D eigenvalue weighted by atomic mass is 10.0. The summed E-state index contributed by atoms with van der Waals surface area (Å²) in [6.07, 6.45) is 22.8. The van der Waals surface area contributed by atoms with Crippen molar-refractivity contribution >= 4 is 17.8 Å². The number of rotatable bonds is 24. The predicted molar refractivity (Wildman–Crippen MR) is 168 cm³/mol. The summed E-state index contributed by atoms with van der Waals surface area (Å²) in [5.41, 5.74) is 0. The van der Waals surface area contributed by atoms with Gasteiger partial charge in [-0.1, -0.05) is 67.7 Å². The first-order chi connectivity index (χ1) is 21.0. The van der Waals surface area contributed by atoms with Gasteiger partial charge < -0.3 is 40.0 Å². The maximum Gasteiger partial charge on any atom is 0.369 e. The summed E-state index contributed by atoms with van der Waals surface area (Å²) in [7, 11) is 0. The van der Waals surface area contributed by atoms with Gasteiger partial charge in [0.05, 0.1) is 31.5 Å². The molecule has 0 aliphatic heterocycles. The van der Waals surface area contributed by atoms with Crippen LogP contribution in [0.1, 0.15) is 85.5 Å². The Morgan fingerprint density at radius 1 is 0.841 bits per heavy atom. The van der Waals surface area contributed by atoms with Crippen molar-refractivity contribution in [3.8, 4) is 0 Å². The Balaban J connectivity index is 4.43. The average molecular weight is 624 g/mol. The Morgan fingerprint density at radius 2 is 1.36 bits per heavy atom. The summed E-state index contributed by atoms with van der Waals surface area (Å²) in [6, 6.07) is -1.11. The molecular formula is C33H53NO10. The Labute approximate surface area is 262 Å². The number of carbonyl (C=O) groups excluding carboxylic acids is 3. The predicted octanol–water partition coefficient (Wildman–Crippen LogP) is 3.67. The molecule has 0 aromatic rings. The molecular weight excluding hydrogens is 570 g/mol. The zero-order valence-electron chi connectivity index (χ0n) is 26.6. The molecule has 11 nitrogen and oxygen atoms in total. The van der Waals surface area contributed by atoms with E-state index in [9.17, 15) is 29.7 Å². The van der Waals surface area contributed by atoms with E-state index in [1.165, 1.54) is 13.8 Å². The van der Waals surface area contributed by atoms with Gasteiger partial charge in [0.1, 0.15) is 0 Å². The summed E-state index contributed by atoms with van der Waals surface area (Å²) in [5.74, 6) is -5.00. The Hall–Kier alpha value is -3.09. The summed E-state index contributed by atoms with van der Waals surface area (Å²) >= 11 is 0. The molecule has 0 saturated carbocycles. The third-order valence-electron chi connectivity index (χ3n) is 5.99. The van der Waals surface area contributed by atoms with Gasteiger partial charge in [-0.3, -0.25) is 9.59 Å². The van der Waals surface area contributed by atoms with Crippen LogP contribution in [0.3, 0.4) is 0 Å². The zero-order chi connectivity index (χ0) is 33.2. The average Bonchev–Trinajstić information content (AvgIpc) is 2.96. The highest BCUT2D eigenvalue weighted by Crippen LogP contribution is 2.19. The fourth-order valence-electron chi connectivity index (χ4n) is 3.76. The second-order valence-corrected chi connectivity index (χ2v) is 10.3. The molecule has 0 fully saturated rings. The largest absolute Gasteiger partial charge is 0.425 e. The first-order valence-corrected chi connectivity index (χ1v) is 15.2. The maximum absolute atomic E-state index is 12.5. The van der Waals surface area contributed by atoms with E-state index in [0.717, 1.165) is 39.0 Å². The maximum atomic E-state index is 12.5. The third-order valence-corrected chi connectivity index (χ3v) is 5.99. The number of allylic oxidation sites excluding steroid dienone is 10. The van der Waals surface area contributed by atoms with Crippen molar-refractivity contribution < 1.29 is 49.0 Å². The molecule has 0 saturated heterocycles. The molecule has 0 aliphatic carbocycles. The van der Waals surface area contributed by atoms with Gasteiger partial charge in [0.25, 0.3) is 5.79 Å². The van der Waals surface area contributed by atoms with Crippen LogP contribution in [0.2, 0.25) is 0 Å². The Morgan fingerprint density at radius 3 is 1.84 bits per heavy atom. The first kappa shape index (κ1) is 40.9. The number of hydrogen-bond donors (Lipinski definition) is 5. The number of hydrogen-bond acceptors (Lipinski definition) is 10. The second-order valence-electron chi connectivity index (χ2n) is 10.3. The molecule has 250 valence electrons. The molecule has 5 atom stereocenters. The van der Waals surface area contributed by atoms with Crippen LogP contribution in [-0.2, 0) is 28.6 Å². The molecule has 0 spiro atoms. The monoisotopic (exact) mass is 623 g/mol. The fourth-order valence-corrected chi connectivity index (χ4v) is 3.76. The minimum absolute atomic E-state index is 0.0963. The van der Waals surface area contributed by atoms with Crippen LogP contribution in [0.15, 0.2) is 60.8 Å². The van der Waals surface area contributed by atoms with E-state index in [0.29, 0.717) is 12.8 Å². The van der Waals surface area contributed by atoms with Gasteiger partial charge >= 0.3 is 11.9 Å². The van der Waals surface area contributed by atoms with Crippen LogP contribution in [0.25, 0.3) is 0 Å². The number of aliphatic hydroxyl groups excluding tert-OH is 3. The molecule has 0 aromatic heterocycles. The number of ether oxygens (including phenoxy) is 3. The summed E-state index contributed by atoms with van der Waals surface area (Å²) in [5, 5.41) is 41.5. The lowest BCUT2D eigenvalue weighted by molar-refractivity contribution is -0.255. The van der Waals surface area contributed by atoms with Crippen molar-refractivity contribution in [3.05, 3.63) is 60.8 Å². The lowest BCUT2D eigenvalue weighted by Crippen LogP contribution is -2.53. The second kappa shape index (κ2) is 25.3. The fraction of sp³-hybridized carbons (Fsp3) is 0.606. The highest BCUT2D eigenvalue weighted by Gasteiger charge is 2.40. The minimum Gasteiger partial charge on any atom is -0.425 e. The van der Waals surface area contributed by atoms with Crippen molar-refractivity contribution in [1.82, 2.24) is 5.32 Å². The van der Waals surface area contributed by atoms with Crippen molar-refractivity contribution in [2.75, 3.05) is 13.2 Å². The van der Waals surface area contributed by atoms with Gasteiger partial charge in [0, 0.05) is 33.6 Å². The van der Waals surface area contributed by atoms with Gasteiger partial charge in [-0.2, -0.15) is 0 Å². The van der Waals surface area contributed by atoms with Crippen molar-refractivity contribution in [1.29, 1.82) is 0 Å². The number of esters is 2. The minimum atomic E-state index is -2.59. The van der Waals surface area contributed by atoms with Gasteiger partial charge in [-0.05, 0) is 44.9 Å². The number of nitrogens with one attached hydrogen (secondary N) is 1. The highest BCUT2D eigenvalue weighted by molar-refractivity contribution is 5.77. The molecule has 0 bridgehead atoms. The molecule has 3 unspecified atom stereocenters. The molecule has 11 heteroatoms. The van der Waals surface area contributed by atoms with Crippen LogP contribution in [0.4, 0.5) is 0 Å². The standard InChI is InChI=1S/C33H53NO10/c1-5-6-7-8-9-10-11-12-13-14-15-16-17-18-19-20-21-22-31(39)42-27(3)43-32(40)33(4,41)44-30(23-28(38)24-35)29(25-36)34-26(2)37/h6-7,9-10,12-13,15-16,18-19,27-30,35-36,38,41H,5,8,11,14,17,20-25H2,1-4H3,(H,34,37)/b7-6+,10-9+,13-12+,16-15+,19-18+/t27?,28-,29?,30?,33+/m0/s1. The quantitative estimate of drug-likeness (QED) is 0.0462. The summed E-state index contributed by atoms with van der Waals surface area (Å²) in [4.78, 5) is 36.1. The van der Waals surface area contributed by atoms with Gasteiger partial charge in [-0.15, -0.1) is 0 Å². The highest BCUT2D eigenvalue weighted by atomic mass is 16.7. The van der Waals surface area contributed by atoms with Crippen LogP contribution in [-0.4, -0.2) is 81.8 Å². The van der Waals surface area contributed by atoms with E-state index in [4.69, 9.17) is 19.3 Å². The van der Waals surface area contributed by atoms with E-state index >= 15 is 0 Å². The van der Waals surface area contributed by atoms with E-state index in [1.54, 1.807) is 0 Å². The molecule has 0 aliphatic rings. The van der Waals surface area contributed by atoms with Crippen LogP contribution >= 0.6 is 0 Å². The molecule has 44 heavy (non-hydrogen) atoms. The smallest absolute Gasteiger partial charge is 0.369 e. The van der Waals surface area contributed by atoms with Crippen molar-refractivity contribution in [2.24, 2.45) is 0 Å². The van der Waals surface area contributed by atoms with Gasteiger partial charge in [0.15, 0.2) is 0 Å². The van der Waals surface area contributed by atoms with E-state index in [2.05, 4.69) is 60.8 Å². The first-order valence-electron chi connectivity index (χ1n) is 15.2. The van der Waals surface area contributed by atoms with E-state index < -0.39 is 61.4 Å². The molecule has 0 radical (unpaired) electrons. The van der Waals surface area contributed by atoms with Crippen LogP contribution in [0, 0.1) is 0 Å². The Bertz CT molecular complexity index is 954. The molecule has 0 aromatic carbocycles. The van der Waals surface area contributed by atoms with Crippen LogP contribution < -0.4 is 5.32 Å². The van der Waals surface area contributed by atoms with E-state index in [1.807, 2.05) is 12.2 Å².